The smallest absolute Gasteiger partial charge is 0.120 e. The van der Waals surface area contributed by atoms with E-state index in [1.807, 2.05) is 18.2 Å². The molecule has 3 atom stereocenters. The Bertz CT molecular complexity index is 324. The first kappa shape index (κ1) is 13.0. The molecule has 0 spiro atoms. The molecule has 3 unspecified atom stereocenters. The monoisotopic (exact) mass is 221 g/mol. The fourth-order valence-corrected chi connectivity index (χ4v) is 1.86. The maximum atomic E-state index is 9.75. The second-order valence-corrected chi connectivity index (χ2v) is 4.62. The summed E-state index contributed by atoms with van der Waals surface area (Å²) in [5, 5.41) is 13.3. The van der Waals surface area contributed by atoms with Crippen molar-refractivity contribution < 1.29 is 5.11 Å². The largest absolute Gasteiger partial charge is 0.508 e. The Morgan fingerprint density at radius 1 is 1.19 bits per heavy atom. The molecule has 0 radical (unpaired) electrons. The molecule has 0 amide bonds. The Balaban J connectivity index is 2.65. The number of aromatic hydroxyl groups is 1. The lowest BCUT2D eigenvalue weighted by molar-refractivity contribution is 0.354. The van der Waals surface area contributed by atoms with Crippen LogP contribution in [0.1, 0.15) is 45.7 Å². The lowest BCUT2D eigenvalue weighted by atomic mass is 9.98. The molecule has 2 heteroatoms. The van der Waals surface area contributed by atoms with Crippen molar-refractivity contribution in [1.29, 1.82) is 0 Å². The fraction of sp³-hybridized carbons (Fsp3) is 0.571. The normalized spacial score (nSPS) is 16.8. The van der Waals surface area contributed by atoms with Crippen LogP contribution in [0.4, 0.5) is 0 Å². The molecule has 0 aliphatic carbocycles. The molecule has 0 saturated heterocycles. The third kappa shape index (κ3) is 3.24. The molecule has 1 aromatic rings. The number of hydrogen-bond donors (Lipinski definition) is 2. The molecule has 1 aromatic carbocycles. The maximum absolute atomic E-state index is 9.75. The lowest BCUT2D eigenvalue weighted by Crippen LogP contribution is -2.33. The van der Waals surface area contributed by atoms with Gasteiger partial charge >= 0.3 is 0 Å². The van der Waals surface area contributed by atoms with Crippen LogP contribution in [0.15, 0.2) is 24.3 Å². The van der Waals surface area contributed by atoms with Crippen molar-refractivity contribution in [2.24, 2.45) is 5.92 Å². The molecule has 0 aliphatic heterocycles. The molecule has 0 bridgehead atoms. The molecule has 0 aliphatic rings. The lowest BCUT2D eigenvalue weighted by Gasteiger charge is -2.25. The highest BCUT2D eigenvalue weighted by molar-refractivity contribution is 5.34. The number of phenols is 1. The fourth-order valence-electron chi connectivity index (χ4n) is 1.86. The van der Waals surface area contributed by atoms with Gasteiger partial charge in [0.05, 0.1) is 0 Å². The first-order valence-electron chi connectivity index (χ1n) is 6.10. The standard InChI is InChI=1S/C14H23NO/c1-5-10(2)11(3)15-12(4)13-8-6-7-9-14(13)16/h6-12,15-16H,5H2,1-4H3. The van der Waals surface area contributed by atoms with Gasteiger partial charge in [-0.25, -0.2) is 0 Å². The van der Waals surface area contributed by atoms with E-state index in [4.69, 9.17) is 0 Å². The van der Waals surface area contributed by atoms with Gasteiger partial charge in [-0.15, -0.1) is 0 Å². The van der Waals surface area contributed by atoms with Gasteiger partial charge in [-0.05, 0) is 25.8 Å². The molecule has 0 saturated carbocycles. The van der Waals surface area contributed by atoms with E-state index in [0.29, 0.717) is 17.7 Å². The van der Waals surface area contributed by atoms with Crippen LogP contribution in [0.5, 0.6) is 5.75 Å². The summed E-state index contributed by atoms with van der Waals surface area (Å²) in [4.78, 5) is 0. The van der Waals surface area contributed by atoms with E-state index < -0.39 is 0 Å². The Kier molecular flexibility index (Phi) is 4.81. The van der Waals surface area contributed by atoms with Crippen molar-refractivity contribution in [3.05, 3.63) is 29.8 Å². The van der Waals surface area contributed by atoms with E-state index in [1.165, 1.54) is 6.42 Å². The summed E-state index contributed by atoms with van der Waals surface area (Å²) in [6.07, 6.45) is 1.17. The molecule has 2 nitrogen and oxygen atoms in total. The molecule has 0 heterocycles. The van der Waals surface area contributed by atoms with Crippen LogP contribution < -0.4 is 5.32 Å². The summed E-state index contributed by atoms with van der Waals surface area (Å²) in [5.74, 6) is 1.02. The van der Waals surface area contributed by atoms with Crippen LogP contribution in [0.3, 0.4) is 0 Å². The Labute approximate surface area is 98.7 Å². The molecular formula is C14H23NO. The van der Waals surface area contributed by atoms with Crippen LogP contribution in [-0.4, -0.2) is 11.1 Å². The highest BCUT2D eigenvalue weighted by atomic mass is 16.3. The Morgan fingerprint density at radius 3 is 2.38 bits per heavy atom. The highest BCUT2D eigenvalue weighted by Gasteiger charge is 2.15. The first-order valence-corrected chi connectivity index (χ1v) is 6.10. The van der Waals surface area contributed by atoms with E-state index in [0.717, 1.165) is 5.56 Å². The zero-order valence-electron chi connectivity index (χ0n) is 10.7. The zero-order chi connectivity index (χ0) is 12.1. The van der Waals surface area contributed by atoms with Gasteiger partial charge in [0.2, 0.25) is 0 Å². The summed E-state index contributed by atoms with van der Waals surface area (Å²) in [5.41, 5.74) is 0.970. The SMILES string of the molecule is CCC(C)C(C)NC(C)c1ccccc1O. The van der Waals surface area contributed by atoms with Crippen LogP contribution in [-0.2, 0) is 0 Å². The second kappa shape index (κ2) is 5.90. The van der Waals surface area contributed by atoms with Crippen LogP contribution in [0.25, 0.3) is 0 Å². The van der Waals surface area contributed by atoms with Crippen molar-refractivity contribution in [1.82, 2.24) is 5.32 Å². The molecule has 16 heavy (non-hydrogen) atoms. The molecule has 0 fully saturated rings. The van der Waals surface area contributed by atoms with Gasteiger partial charge < -0.3 is 10.4 Å². The predicted molar refractivity (Wildman–Crippen MR) is 68.6 cm³/mol. The van der Waals surface area contributed by atoms with Gasteiger partial charge in [0.15, 0.2) is 0 Å². The number of phenolic OH excluding ortho intramolecular Hbond substituents is 1. The molecule has 0 aromatic heterocycles. The van der Waals surface area contributed by atoms with E-state index in [1.54, 1.807) is 6.07 Å². The average Bonchev–Trinajstić information content (AvgIpc) is 2.28. The van der Waals surface area contributed by atoms with E-state index in [-0.39, 0.29) is 6.04 Å². The Morgan fingerprint density at radius 2 is 1.81 bits per heavy atom. The van der Waals surface area contributed by atoms with Gasteiger partial charge in [0.1, 0.15) is 5.75 Å². The minimum Gasteiger partial charge on any atom is -0.508 e. The third-order valence-corrected chi connectivity index (χ3v) is 3.41. The molecule has 2 N–H and O–H groups in total. The molecule has 90 valence electrons. The quantitative estimate of drug-likeness (QED) is 0.798. The van der Waals surface area contributed by atoms with Crippen molar-refractivity contribution in [3.63, 3.8) is 0 Å². The third-order valence-electron chi connectivity index (χ3n) is 3.41. The molecule has 1 rings (SSSR count). The minimum atomic E-state index is 0.185. The van der Waals surface area contributed by atoms with Crippen LogP contribution >= 0.6 is 0 Å². The topological polar surface area (TPSA) is 32.3 Å². The summed E-state index contributed by atoms with van der Waals surface area (Å²) in [7, 11) is 0. The summed E-state index contributed by atoms with van der Waals surface area (Å²) in [6.45, 7) is 8.74. The van der Waals surface area contributed by atoms with Crippen molar-refractivity contribution in [3.8, 4) is 5.75 Å². The minimum absolute atomic E-state index is 0.185. The highest BCUT2D eigenvalue weighted by Crippen LogP contribution is 2.24. The van der Waals surface area contributed by atoms with Gasteiger partial charge in [0.25, 0.3) is 0 Å². The second-order valence-electron chi connectivity index (χ2n) is 4.62. The van der Waals surface area contributed by atoms with Crippen LogP contribution in [0, 0.1) is 5.92 Å². The number of hydrogen-bond acceptors (Lipinski definition) is 2. The number of benzene rings is 1. The van der Waals surface area contributed by atoms with E-state index in [9.17, 15) is 5.11 Å². The van der Waals surface area contributed by atoms with Crippen molar-refractivity contribution >= 4 is 0 Å². The van der Waals surface area contributed by atoms with Gasteiger partial charge in [-0.1, -0.05) is 38.5 Å². The van der Waals surface area contributed by atoms with Gasteiger partial charge in [0, 0.05) is 17.6 Å². The maximum Gasteiger partial charge on any atom is 0.120 e. The first-order chi connectivity index (χ1) is 7.56. The molecular weight excluding hydrogens is 198 g/mol. The average molecular weight is 221 g/mol. The Hall–Kier alpha value is -1.02. The van der Waals surface area contributed by atoms with Crippen molar-refractivity contribution in [2.45, 2.75) is 46.2 Å². The summed E-state index contributed by atoms with van der Waals surface area (Å²) < 4.78 is 0. The van der Waals surface area contributed by atoms with Crippen molar-refractivity contribution in [2.75, 3.05) is 0 Å². The zero-order valence-corrected chi connectivity index (χ0v) is 10.7. The summed E-state index contributed by atoms with van der Waals surface area (Å²) in [6, 6.07) is 8.16. The van der Waals surface area contributed by atoms with Gasteiger partial charge in [-0.2, -0.15) is 0 Å². The number of nitrogens with one attached hydrogen (secondary N) is 1. The van der Waals surface area contributed by atoms with Crippen LogP contribution in [0.2, 0.25) is 0 Å². The number of rotatable bonds is 5. The van der Waals surface area contributed by atoms with Gasteiger partial charge in [-0.3, -0.25) is 0 Å². The van der Waals surface area contributed by atoms with E-state index >= 15 is 0 Å². The summed E-state index contributed by atoms with van der Waals surface area (Å²) >= 11 is 0. The van der Waals surface area contributed by atoms with E-state index in [2.05, 4.69) is 33.0 Å². The number of para-hydroxylation sites is 1. The predicted octanol–water partition coefficient (Wildman–Crippen LogP) is 3.48.